The van der Waals surface area contributed by atoms with Gasteiger partial charge in [0.15, 0.2) is 0 Å². The third-order valence-electron chi connectivity index (χ3n) is 3.50. The number of hydrogen-bond acceptors (Lipinski definition) is 2. The van der Waals surface area contributed by atoms with Crippen LogP contribution in [0.3, 0.4) is 0 Å². The van der Waals surface area contributed by atoms with E-state index in [0.717, 1.165) is 31.1 Å². The molecular formula is C12H15ClN2. The monoisotopic (exact) mass is 222 g/mol. The Morgan fingerprint density at radius 1 is 1.33 bits per heavy atom. The van der Waals surface area contributed by atoms with Crippen LogP contribution in [-0.4, -0.2) is 31.1 Å². The summed E-state index contributed by atoms with van der Waals surface area (Å²) < 4.78 is 0. The maximum atomic E-state index is 6.31. The number of halogens is 1. The molecule has 1 unspecified atom stereocenters. The minimum atomic E-state index is 0.496. The predicted molar refractivity (Wildman–Crippen MR) is 62.3 cm³/mol. The van der Waals surface area contributed by atoms with Crippen LogP contribution in [0.15, 0.2) is 18.2 Å². The first kappa shape index (κ1) is 9.64. The quantitative estimate of drug-likeness (QED) is 0.721. The minimum Gasteiger partial charge on any atom is -0.314 e. The smallest absolute Gasteiger partial charge is 0.0490 e. The number of nitrogens with one attached hydrogen (secondary N) is 1. The number of hydrogen-bond donors (Lipinski definition) is 1. The number of piperazine rings is 1. The highest BCUT2D eigenvalue weighted by atomic mass is 35.5. The Morgan fingerprint density at radius 3 is 3.20 bits per heavy atom. The molecule has 0 bridgehead atoms. The van der Waals surface area contributed by atoms with Crippen molar-refractivity contribution in [1.29, 1.82) is 0 Å². The van der Waals surface area contributed by atoms with Crippen molar-refractivity contribution in [1.82, 2.24) is 10.2 Å². The topological polar surface area (TPSA) is 15.3 Å². The van der Waals surface area contributed by atoms with Crippen LogP contribution >= 0.6 is 11.6 Å². The van der Waals surface area contributed by atoms with Gasteiger partial charge < -0.3 is 5.32 Å². The number of fused-ring (bicyclic) bond motifs is 3. The Kier molecular flexibility index (Phi) is 2.43. The Hall–Kier alpha value is -0.570. The zero-order valence-corrected chi connectivity index (χ0v) is 9.43. The summed E-state index contributed by atoms with van der Waals surface area (Å²) in [6, 6.07) is 6.79. The summed E-state index contributed by atoms with van der Waals surface area (Å²) in [4.78, 5) is 2.55. The van der Waals surface area contributed by atoms with Gasteiger partial charge in [0, 0.05) is 37.2 Å². The Morgan fingerprint density at radius 2 is 2.27 bits per heavy atom. The zero-order chi connectivity index (χ0) is 10.3. The molecule has 0 saturated carbocycles. The number of benzene rings is 1. The van der Waals surface area contributed by atoms with Gasteiger partial charge in [-0.25, -0.2) is 0 Å². The third kappa shape index (κ3) is 1.57. The number of rotatable bonds is 0. The highest BCUT2D eigenvalue weighted by Gasteiger charge is 2.30. The fourth-order valence-electron chi connectivity index (χ4n) is 2.74. The van der Waals surface area contributed by atoms with Crippen LogP contribution in [0.1, 0.15) is 17.2 Å². The van der Waals surface area contributed by atoms with Crippen LogP contribution in [0.2, 0.25) is 5.02 Å². The Labute approximate surface area is 95.2 Å². The van der Waals surface area contributed by atoms with Gasteiger partial charge in [0.25, 0.3) is 0 Å². The van der Waals surface area contributed by atoms with E-state index in [4.69, 9.17) is 11.6 Å². The summed E-state index contributed by atoms with van der Waals surface area (Å²) in [7, 11) is 0. The van der Waals surface area contributed by atoms with E-state index >= 15 is 0 Å². The summed E-state index contributed by atoms with van der Waals surface area (Å²) in [6.45, 7) is 4.47. The van der Waals surface area contributed by atoms with E-state index in [1.54, 1.807) is 0 Å². The van der Waals surface area contributed by atoms with E-state index in [1.807, 2.05) is 6.07 Å². The second-order valence-electron chi connectivity index (χ2n) is 4.32. The summed E-state index contributed by atoms with van der Waals surface area (Å²) in [5, 5.41) is 4.39. The third-order valence-corrected chi connectivity index (χ3v) is 3.83. The molecule has 80 valence electrons. The fourth-order valence-corrected chi connectivity index (χ4v) is 3.06. The van der Waals surface area contributed by atoms with Crippen molar-refractivity contribution in [2.75, 3.05) is 26.2 Å². The van der Waals surface area contributed by atoms with Gasteiger partial charge in [-0.05, 0) is 23.6 Å². The first-order valence-electron chi connectivity index (χ1n) is 5.58. The normalized spacial score (nSPS) is 25.8. The van der Waals surface area contributed by atoms with Crippen LogP contribution in [0.4, 0.5) is 0 Å². The van der Waals surface area contributed by atoms with Gasteiger partial charge in [0.05, 0.1) is 0 Å². The maximum Gasteiger partial charge on any atom is 0.0490 e. The van der Waals surface area contributed by atoms with Gasteiger partial charge >= 0.3 is 0 Å². The second kappa shape index (κ2) is 3.78. The first-order chi connectivity index (χ1) is 7.36. The van der Waals surface area contributed by atoms with Gasteiger partial charge in [0.2, 0.25) is 0 Å². The van der Waals surface area contributed by atoms with Gasteiger partial charge in [-0.2, -0.15) is 0 Å². The lowest BCUT2D eigenvalue weighted by Crippen LogP contribution is -2.49. The average Bonchev–Trinajstić information content (AvgIpc) is 2.29. The molecule has 1 saturated heterocycles. The predicted octanol–water partition coefficient (Wildman–Crippen LogP) is 1.84. The second-order valence-corrected chi connectivity index (χ2v) is 4.73. The Bertz CT molecular complexity index is 378. The van der Waals surface area contributed by atoms with Crippen LogP contribution in [0.5, 0.6) is 0 Å². The van der Waals surface area contributed by atoms with E-state index in [2.05, 4.69) is 22.3 Å². The van der Waals surface area contributed by atoms with Crippen molar-refractivity contribution in [2.24, 2.45) is 0 Å². The fraction of sp³-hybridized carbons (Fsp3) is 0.500. The molecule has 2 aliphatic heterocycles. The lowest BCUT2D eigenvalue weighted by molar-refractivity contribution is 0.152. The average molecular weight is 223 g/mol. The van der Waals surface area contributed by atoms with E-state index in [-0.39, 0.29) is 0 Å². The maximum absolute atomic E-state index is 6.31. The largest absolute Gasteiger partial charge is 0.314 e. The molecule has 3 rings (SSSR count). The Balaban J connectivity index is 2.05. The van der Waals surface area contributed by atoms with E-state index in [0.29, 0.717) is 6.04 Å². The summed E-state index contributed by atoms with van der Waals surface area (Å²) in [6.07, 6.45) is 1.15. The van der Waals surface area contributed by atoms with Crippen molar-refractivity contribution in [2.45, 2.75) is 12.5 Å². The lowest BCUT2D eigenvalue weighted by Gasteiger charge is -2.41. The van der Waals surface area contributed by atoms with Crippen LogP contribution in [-0.2, 0) is 6.42 Å². The highest BCUT2D eigenvalue weighted by Crippen LogP contribution is 2.35. The van der Waals surface area contributed by atoms with Crippen molar-refractivity contribution in [3.8, 4) is 0 Å². The van der Waals surface area contributed by atoms with Crippen molar-refractivity contribution >= 4 is 11.6 Å². The molecule has 0 spiro atoms. The summed E-state index contributed by atoms with van der Waals surface area (Å²) >= 11 is 6.31. The van der Waals surface area contributed by atoms with Gasteiger partial charge in [-0.15, -0.1) is 0 Å². The molecular weight excluding hydrogens is 208 g/mol. The van der Waals surface area contributed by atoms with Crippen molar-refractivity contribution in [3.05, 3.63) is 34.3 Å². The molecule has 3 heteroatoms. The van der Waals surface area contributed by atoms with E-state index in [1.165, 1.54) is 17.7 Å². The molecule has 0 aliphatic carbocycles. The highest BCUT2D eigenvalue weighted by molar-refractivity contribution is 6.31. The molecule has 0 amide bonds. The molecule has 1 aromatic rings. The minimum absolute atomic E-state index is 0.496. The molecule has 1 atom stereocenters. The molecule has 2 nitrogen and oxygen atoms in total. The first-order valence-corrected chi connectivity index (χ1v) is 5.96. The van der Waals surface area contributed by atoms with Crippen molar-refractivity contribution in [3.63, 3.8) is 0 Å². The van der Waals surface area contributed by atoms with E-state index < -0.39 is 0 Å². The molecule has 2 heterocycles. The molecule has 15 heavy (non-hydrogen) atoms. The summed E-state index contributed by atoms with van der Waals surface area (Å²) in [5.74, 6) is 0. The zero-order valence-electron chi connectivity index (χ0n) is 8.67. The molecule has 0 radical (unpaired) electrons. The molecule has 2 aliphatic rings. The van der Waals surface area contributed by atoms with Gasteiger partial charge in [0.1, 0.15) is 0 Å². The molecule has 1 N–H and O–H groups in total. The van der Waals surface area contributed by atoms with Crippen LogP contribution in [0.25, 0.3) is 0 Å². The van der Waals surface area contributed by atoms with E-state index in [9.17, 15) is 0 Å². The molecule has 1 aromatic carbocycles. The van der Waals surface area contributed by atoms with Gasteiger partial charge in [-0.3, -0.25) is 4.90 Å². The molecule has 0 aromatic heterocycles. The molecule has 1 fully saturated rings. The standard InChI is InChI=1S/C12H15ClN2/c13-10-3-1-2-9-4-6-15-7-5-14-8-11(15)12(9)10/h1-3,11,14H,4-8H2. The lowest BCUT2D eigenvalue weighted by atomic mass is 9.91. The van der Waals surface area contributed by atoms with Crippen LogP contribution < -0.4 is 5.32 Å². The van der Waals surface area contributed by atoms with Crippen molar-refractivity contribution < 1.29 is 0 Å². The SMILES string of the molecule is Clc1cccc2c1C1CNCCN1CC2. The van der Waals surface area contributed by atoms with Crippen LogP contribution in [0, 0.1) is 0 Å². The van der Waals surface area contributed by atoms with Gasteiger partial charge in [-0.1, -0.05) is 23.7 Å². The number of nitrogens with zero attached hydrogens (tertiary/aromatic N) is 1. The summed E-state index contributed by atoms with van der Waals surface area (Å²) in [5.41, 5.74) is 2.80.